The number of ether oxygens (including phenoxy) is 1. The molecule has 2 heterocycles. The summed E-state index contributed by atoms with van der Waals surface area (Å²) in [5.41, 5.74) is 1.09. The molecule has 0 atom stereocenters. The van der Waals surface area contributed by atoms with Gasteiger partial charge in [-0.25, -0.2) is 17.2 Å². The zero-order chi connectivity index (χ0) is 28.8. The minimum atomic E-state index is -4.25. The second-order valence-corrected chi connectivity index (χ2v) is 12.3. The molecule has 4 aromatic rings. The largest absolute Gasteiger partial charge is 0.444 e. The van der Waals surface area contributed by atoms with Gasteiger partial charge in [-0.3, -0.25) is 14.7 Å². The highest BCUT2D eigenvalue weighted by Crippen LogP contribution is 2.36. The number of rotatable bonds is 6. The second-order valence-electron chi connectivity index (χ2n) is 10.5. The molecule has 10 nitrogen and oxygen atoms in total. The molecular weight excluding hydrogens is 532 g/mol. The SMILES string of the molecule is Cc1ccc(S(=O)(=O)n2cc(CCNC(=O)OC(C)(C)C)c3c2C(=O)c2[nH]nc(-c4ccccc4)c2C3=O)cc1. The van der Waals surface area contributed by atoms with Crippen molar-refractivity contribution in [2.75, 3.05) is 6.54 Å². The van der Waals surface area contributed by atoms with E-state index in [-0.39, 0.29) is 40.4 Å². The van der Waals surface area contributed by atoms with Crippen LogP contribution in [-0.4, -0.2) is 52.4 Å². The Kier molecular flexibility index (Phi) is 6.70. The van der Waals surface area contributed by atoms with Crippen molar-refractivity contribution in [3.63, 3.8) is 0 Å². The second kappa shape index (κ2) is 9.91. The van der Waals surface area contributed by atoms with Crippen LogP contribution in [-0.2, 0) is 21.2 Å². The Bertz CT molecular complexity index is 1740. The maximum Gasteiger partial charge on any atom is 0.407 e. The van der Waals surface area contributed by atoms with Crippen molar-refractivity contribution in [2.45, 2.75) is 44.6 Å². The van der Waals surface area contributed by atoms with Gasteiger partial charge < -0.3 is 10.1 Å². The van der Waals surface area contributed by atoms with Gasteiger partial charge in [0.1, 0.15) is 22.7 Å². The van der Waals surface area contributed by atoms with Crippen molar-refractivity contribution in [1.29, 1.82) is 0 Å². The fourth-order valence-electron chi connectivity index (χ4n) is 4.59. The molecule has 0 unspecified atom stereocenters. The fraction of sp³-hybridized carbons (Fsp3) is 0.241. The van der Waals surface area contributed by atoms with Crippen molar-refractivity contribution < 1.29 is 27.5 Å². The molecule has 1 amide bonds. The van der Waals surface area contributed by atoms with Crippen molar-refractivity contribution in [1.82, 2.24) is 19.5 Å². The first kappa shape index (κ1) is 27.1. The number of aromatic amines is 1. The third-order valence-corrected chi connectivity index (χ3v) is 8.08. The van der Waals surface area contributed by atoms with Crippen molar-refractivity contribution in [2.24, 2.45) is 0 Å². The first-order valence-electron chi connectivity index (χ1n) is 12.6. The number of benzene rings is 2. The van der Waals surface area contributed by atoms with Gasteiger partial charge >= 0.3 is 6.09 Å². The summed E-state index contributed by atoms with van der Waals surface area (Å²) in [6, 6.07) is 15.1. The van der Waals surface area contributed by atoms with E-state index < -0.39 is 33.3 Å². The molecule has 1 aliphatic rings. The summed E-state index contributed by atoms with van der Waals surface area (Å²) in [7, 11) is -4.25. The Labute approximate surface area is 231 Å². The molecular formula is C29H28N4O6S. The zero-order valence-electron chi connectivity index (χ0n) is 22.4. The predicted molar refractivity (Wildman–Crippen MR) is 147 cm³/mol. The summed E-state index contributed by atoms with van der Waals surface area (Å²) >= 11 is 0. The Hall–Kier alpha value is -4.51. The third-order valence-electron chi connectivity index (χ3n) is 6.40. The average molecular weight is 561 g/mol. The maximum atomic E-state index is 14.0. The van der Waals surface area contributed by atoms with Crippen LogP contribution in [0, 0.1) is 6.92 Å². The summed E-state index contributed by atoms with van der Waals surface area (Å²) in [4.78, 5) is 40.0. The number of aromatic nitrogens is 3. The summed E-state index contributed by atoms with van der Waals surface area (Å²) in [6.45, 7) is 7.07. The lowest BCUT2D eigenvalue weighted by atomic mass is 9.87. The smallest absolute Gasteiger partial charge is 0.407 e. The number of hydrogen-bond donors (Lipinski definition) is 2. The van der Waals surface area contributed by atoms with Crippen LogP contribution in [0.1, 0.15) is 64.0 Å². The molecule has 0 radical (unpaired) electrons. The highest BCUT2D eigenvalue weighted by Gasteiger charge is 2.41. The highest BCUT2D eigenvalue weighted by molar-refractivity contribution is 7.90. The van der Waals surface area contributed by atoms with Crippen LogP contribution in [0.25, 0.3) is 11.3 Å². The molecule has 0 saturated carbocycles. The lowest BCUT2D eigenvalue weighted by Gasteiger charge is -2.19. The number of nitrogens with one attached hydrogen (secondary N) is 2. The Morgan fingerprint density at radius 1 is 1.00 bits per heavy atom. The number of carbonyl (C=O) groups excluding carboxylic acids is 3. The standard InChI is InChI=1S/C29H28N4O6S/c1-17-10-12-20(13-11-17)40(37,38)33-16-19(14-15-30-28(36)39-29(2,3)4)21-25(33)27(35)24-22(26(21)34)23(31-32-24)18-8-6-5-7-9-18/h5-13,16H,14-15H2,1-4H3,(H,30,36)(H,31,32). The number of aryl methyl sites for hydroxylation is 1. The molecule has 0 fully saturated rings. The summed E-state index contributed by atoms with van der Waals surface area (Å²) in [5, 5.41) is 9.52. The van der Waals surface area contributed by atoms with Crippen LogP contribution in [0.3, 0.4) is 0 Å². The van der Waals surface area contributed by atoms with E-state index in [0.29, 0.717) is 16.8 Å². The van der Waals surface area contributed by atoms with Gasteiger partial charge in [-0.05, 0) is 51.8 Å². The predicted octanol–water partition coefficient (Wildman–Crippen LogP) is 4.27. The monoisotopic (exact) mass is 560 g/mol. The minimum Gasteiger partial charge on any atom is -0.444 e. The molecule has 40 heavy (non-hydrogen) atoms. The molecule has 11 heteroatoms. The van der Waals surface area contributed by atoms with Gasteiger partial charge in [0.05, 0.1) is 16.0 Å². The summed E-state index contributed by atoms with van der Waals surface area (Å²) < 4.78 is 33.6. The van der Waals surface area contributed by atoms with Gasteiger partial charge in [0.2, 0.25) is 5.78 Å². The first-order chi connectivity index (χ1) is 18.9. The molecule has 2 aromatic carbocycles. The number of nitrogens with zero attached hydrogens (tertiary/aromatic N) is 2. The molecule has 5 rings (SSSR count). The van der Waals surface area contributed by atoms with Crippen LogP contribution in [0.5, 0.6) is 0 Å². The molecule has 0 aliphatic heterocycles. The fourth-order valence-corrected chi connectivity index (χ4v) is 5.98. The Morgan fingerprint density at radius 2 is 1.68 bits per heavy atom. The van der Waals surface area contributed by atoms with Gasteiger partial charge in [-0.2, -0.15) is 5.10 Å². The normalized spacial score (nSPS) is 13.1. The van der Waals surface area contributed by atoms with Crippen LogP contribution in [0.15, 0.2) is 65.7 Å². The first-order valence-corrected chi connectivity index (χ1v) is 14.1. The van der Waals surface area contributed by atoms with Gasteiger partial charge in [0.25, 0.3) is 10.0 Å². The van der Waals surface area contributed by atoms with E-state index in [0.717, 1.165) is 9.54 Å². The molecule has 0 bridgehead atoms. The third kappa shape index (κ3) is 4.84. The highest BCUT2D eigenvalue weighted by atomic mass is 32.2. The number of alkyl carbamates (subject to hydrolysis) is 1. The summed E-state index contributed by atoms with van der Waals surface area (Å²) in [6.07, 6.45) is 0.706. The van der Waals surface area contributed by atoms with Gasteiger partial charge in [-0.1, -0.05) is 48.0 Å². The number of fused-ring (bicyclic) bond motifs is 2. The molecule has 2 aromatic heterocycles. The molecule has 206 valence electrons. The topological polar surface area (TPSA) is 140 Å². The van der Waals surface area contributed by atoms with E-state index >= 15 is 0 Å². The van der Waals surface area contributed by atoms with E-state index in [2.05, 4.69) is 15.5 Å². The van der Waals surface area contributed by atoms with E-state index in [9.17, 15) is 22.8 Å². The van der Waals surface area contributed by atoms with Gasteiger partial charge in [0, 0.05) is 18.3 Å². The Morgan fingerprint density at radius 3 is 2.33 bits per heavy atom. The number of hydrogen-bond acceptors (Lipinski definition) is 7. The lowest BCUT2D eigenvalue weighted by molar-refractivity contribution is 0.0528. The number of ketones is 2. The van der Waals surface area contributed by atoms with Crippen molar-refractivity contribution in [3.8, 4) is 11.3 Å². The van der Waals surface area contributed by atoms with Crippen molar-refractivity contribution >= 4 is 27.7 Å². The minimum absolute atomic E-state index is 0.0299. The molecule has 0 spiro atoms. The quantitative estimate of drug-likeness (QED) is 0.316. The van der Waals surface area contributed by atoms with Gasteiger partial charge in [0.15, 0.2) is 5.78 Å². The van der Waals surface area contributed by atoms with E-state index in [1.165, 1.54) is 18.3 Å². The van der Waals surface area contributed by atoms with Gasteiger partial charge in [-0.15, -0.1) is 0 Å². The van der Waals surface area contributed by atoms with Crippen LogP contribution >= 0.6 is 0 Å². The van der Waals surface area contributed by atoms with Crippen LogP contribution < -0.4 is 5.32 Å². The van der Waals surface area contributed by atoms with E-state index in [1.54, 1.807) is 57.2 Å². The zero-order valence-corrected chi connectivity index (χ0v) is 23.3. The maximum absolute atomic E-state index is 14.0. The number of carbonyl (C=O) groups is 3. The Balaban J connectivity index is 1.61. The molecule has 2 N–H and O–H groups in total. The average Bonchev–Trinajstić information content (AvgIpc) is 3.51. The van der Waals surface area contributed by atoms with E-state index in [1.807, 2.05) is 13.0 Å². The number of amides is 1. The molecule has 0 saturated heterocycles. The van der Waals surface area contributed by atoms with Crippen molar-refractivity contribution in [3.05, 3.63) is 94.4 Å². The summed E-state index contributed by atoms with van der Waals surface area (Å²) in [5.74, 6) is -1.19. The lowest BCUT2D eigenvalue weighted by Crippen LogP contribution is -2.33. The van der Waals surface area contributed by atoms with Crippen LogP contribution in [0.4, 0.5) is 4.79 Å². The number of H-pyrrole nitrogens is 1. The molecule has 1 aliphatic carbocycles. The van der Waals surface area contributed by atoms with Crippen LogP contribution in [0.2, 0.25) is 0 Å². The van der Waals surface area contributed by atoms with E-state index in [4.69, 9.17) is 4.74 Å².